The second-order valence-corrected chi connectivity index (χ2v) is 5.67. The molecule has 1 saturated heterocycles. The van der Waals surface area contributed by atoms with Crippen LogP contribution in [0.15, 0.2) is 18.2 Å². The van der Waals surface area contributed by atoms with E-state index in [1.165, 1.54) is 18.2 Å². The zero-order chi connectivity index (χ0) is 15.2. The Kier molecular flexibility index (Phi) is 5.67. The highest BCUT2D eigenvalue weighted by Gasteiger charge is 2.18. The van der Waals surface area contributed by atoms with Gasteiger partial charge in [0.2, 0.25) is 5.91 Å². The van der Waals surface area contributed by atoms with Crippen LogP contribution in [0.3, 0.4) is 0 Å². The molecule has 1 aliphatic rings. The third-order valence-electron chi connectivity index (χ3n) is 4.15. The van der Waals surface area contributed by atoms with Crippen LogP contribution in [-0.2, 0) is 11.2 Å². The van der Waals surface area contributed by atoms with Crippen LogP contribution in [0, 0.1) is 17.6 Å². The van der Waals surface area contributed by atoms with Crippen molar-refractivity contribution in [2.24, 2.45) is 5.92 Å². The molecule has 21 heavy (non-hydrogen) atoms. The standard InChI is InChI=1S/C16H22F2N2O/c1-20(10-7-12-5-8-19-9-6-12)16(21)11-13-14(17)3-2-4-15(13)18/h2-4,12,19H,5-11H2,1H3. The monoisotopic (exact) mass is 296 g/mol. The normalized spacial score (nSPS) is 16.0. The van der Waals surface area contributed by atoms with Gasteiger partial charge in [-0.1, -0.05) is 6.07 Å². The molecule has 1 aromatic rings. The summed E-state index contributed by atoms with van der Waals surface area (Å²) in [7, 11) is 1.70. The van der Waals surface area contributed by atoms with E-state index in [-0.39, 0.29) is 17.9 Å². The van der Waals surface area contributed by atoms with E-state index in [0.717, 1.165) is 32.4 Å². The third kappa shape index (κ3) is 4.49. The van der Waals surface area contributed by atoms with Gasteiger partial charge < -0.3 is 10.2 Å². The first-order chi connectivity index (χ1) is 10.1. The Morgan fingerprint density at radius 3 is 2.52 bits per heavy atom. The molecule has 0 spiro atoms. The Morgan fingerprint density at radius 1 is 1.29 bits per heavy atom. The van der Waals surface area contributed by atoms with E-state index in [9.17, 15) is 13.6 Å². The van der Waals surface area contributed by atoms with Crippen LogP contribution in [-0.4, -0.2) is 37.5 Å². The third-order valence-corrected chi connectivity index (χ3v) is 4.15. The van der Waals surface area contributed by atoms with Crippen molar-refractivity contribution >= 4 is 5.91 Å². The molecule has 0 saturated carbocycles. The molecule has 1 N–H and O–H groups in total. The predicted octanol–water partition coefficient (Wildman–Crippen LogP) is 2.36. The maximum Gasteiger partial charge on any atom is 0.226 e. The minimum absolute atomic E-state index is 0.142. The highest BCUT2D eigenvalue weighted by molar-refractivity contribution is 5.78. The van der Waals surface area contributed by atoms with E-state index >= 15 is 0 Å². The van der Waals surface area contributed by atoms with E-state index < -0.39 is 11.6 Å². The molecule has 2 rings (SSSR count). The Bertz CT molecular complexity index is 467. The second-order valence-electron chi connectivity index (χ2n) is 5.67. The van der Waals surface area contributed by atoms with Crippen LogP contribution < -0.4 is 5.32 Å². The Labute approximate surface area is 124 Å². The molecule has 0 aliphatic carbocycles. The summed E-state index contributed by atoms with van der Waals surface area (Å²) in [4.78, 5) is 13.6. The number of rotatable bonds is 5. The molecule has 0 aromatic heterocycles. The van der Waals surface area contributed by atoms with Crippen molar-refractivity contribution in [2.75, 3.05) is 26.7 Å². The molecular weight excluding hydrogens is 274 g/mol. The molecule has 1 fully saturated rings. The van der Waals surface area contributed by atoms with Crippen LogP contribution in [0.1, 0.15) is 24.8 Å². The summed E-state index contributed by atoms with van der Waals surface area (Å²) in [6.07, 6.45) is 2.98. The summed E-state index contributed by atoms with van der Waals surface area (Å²) < 4.78 is 27.1. The largest absolute Gasteiger partial charge is 0.345 e. The van der Waals surface area contributed by atoms with E-state index in [1.807, 2.05) is 0 Å². The number of likely N-dealkylation sites (N-methyl/N-ethyl adjacent to an activating group) is 1. The second kappa shape index (κ2) is 7.50. The van der Waals surface area contributed by atoms with Crippen molar-refractivity contribution < 1.29 is 13.6 Å². The fourth-order valence-electron chi connectivity index (χ4n) is 2.66. The molecule has 0 radical (unpaired) electrons. The number of nitrogens with zero attached hydrogens (tertiary/aromatic N) is 1. The minimum atomic E-state index is -0.657. The zero-order valence-corrected chi connectivity index (χ0v) is 12.4. The van der Waals surface area contributed by atoms with Crippen LogP contribution in [0.4, 0.5) is 8.78 Å². The highest BCUT2D eigenvalue weighted by Crippen LogP contribution is 2.17. The average molecular weight is 296 g/mol. The molecule has 116 valence electrons. The number of amides is 1. The predicted molar refractivity (Wildman–Crippen MR) is 77.9 cm³/mol. The maximum atomic E-state index is 13.5. The number of hydrogen-bond acceptors (Lipinski definition) is 2. The van der Waals surface area contributed by atoms with Crippen LogP contribution in [0.25, 0.3) is 0 Å². The fourth-order valence-corrected chi connectivity index (χ4v) is 2.66. The van der Waals surface area contributed by atoms with Gasteiger partial charge in [-0.25, -0.2) is 8.78 Å². The van der Waals surface area contributed by atoms with Crippen LogP contribution in [0.2, 0.25) is 0 Å². The lowest BCUT2D eigenvalue weighted by atomic mass is 9.94. The molecule has 5 heteroatoms. The maximum absolute atomic E-state index is 13.5. The highest BCUT2D eigenvalue weighted by atomic mass is 19.1. The lowest BCUT2D eigenvalue weighted by Gasteiger charge is -2.25. The Hall–Kier alpha value is -1.49. The first kappa shape index (κ1) is 15.9. The summed E-state index contributed by atoms with van der Waals surface area (Å²) in [6.45, 7) is 2.70. The van der Waals surface area contributed by atoms with Gasteiger partial charge in [-0.2, -0.15) is 0 Å². The molecule has 3 nitrogen and oxygen atoms in total. The van der Waals surface area contributed by atoms with Gasteiger partial charge in [0.05, 0.1) is 6.42 Å². The van der Waals surface area contributed by atoms with Crippen molar-refractivity contribution in [1.29, 1.82) is 0 Å². The summed E-state index contributed by atoms with van der Waals surface area (Å²) in [5, 5.41) is 3.31. The molecule has 0 atom stereocenters. The van der Waals surface area contributed by atoms with Gasteiger partial charge in [-0.05, 0) is 50.4 Å². The summed E-state index contributed by atoms with van der Waals surface area (Å²) >= 11 is 0. The van der Waals surface area contributed by atoms with E-state index in [0.29, 0.717) is 12.5 Å². The van der Waals surface area contributed by atoms with Gasteiger partial charge >= 0.3 is 0 Å². The topological polar surface area (TPSA) is 32.3 Å². The number of piperidine rings is 1. The number of carbonyl (C=O) groups excluding carboxylic acids is 1. The first-order valence-electron chi connectivity index (χ1n) is 7.45. The van der Waals surface area contributed by atoms with Gasteiger partial charge in [-0.15, -0.1) is 0 Å². The Balaban J connectivity index is 1.84. The van der Waals surface area contributed by atoms with E-state index in [1.54, 1.807) is 11.9 Å². The van der Waals surface area contributed by atoms with Crippen molar-refractivity contribution in [3.63, 3.8) is 0 Å². The van der Waals surface area contributed by atoms with Crippen molar-refractivity contribution in [3.8, 4) is 0 Å². The first-order valence-corrected chi connectivity index (χ1v) is 7.45. The lowest BCUT2D eigenvalue weighted by molar-refractivity contribution is -0.129. The van der Waals surface area contributed by atoms with Crippen molar-refractivity contribution in [3.05, 3.63) is 35.4 Å². The fraction of sp³-hybridized carbons (Fsp3) is 0.562. The quantitative estimate of drug-likeness (QED) is 0.904. The molecular formula is C16H22F2N2O. The van der Waals surface area contributed by atoms with Gasteiger partial charge in [0.25, 0.3) is 0 Å². The van der Waals surface area contributed by atoms with Gasteiger partial charge in [-0.3, -0.25) is 4.79 Å². The number of nitrogens with one attached hydrogen (secondary N) is 1. The smallest absolute Gasteiger partial charge is 0.226 e. The van der Waals surface area contributed by atoms with Crippen LogP contribution >= 0.6 is 0 Å². The number of carbonyl (C=O) groups is 1. The van der Waals surface area contributed by atoms with Gasteiger partial charge in [0.15, 0.2) is 0 Å². The van der Waals surface area contributed by atoms with Crippen LogP contribution in [0.5, 0.6) is 0 Å². The van der Waals surface area contributed by atoms with Gasteiger partial charge in [0.1, 0.15) is 11.6 Å². The van der Waals surface area contributed by atoms with Gasteiger partial charge in [0, 0.05) is 19.2 Å². The molecule has 1 heterocycles. The number of halogens is 2. The number of benzene rings is 1. The van der Waals surface area contributed by atoms with Crippen molar-refractivity contribution in [1.82, 2.24) is 10.2 Å². The molecule has 0 unspecified atom stereocenters. The molecule has 0 bridgehead atoms. The number of hydrogen-bond donors (Lipinski definition) is 1. The lowest BCUT2D eigenvalue weighted by Crippen LogP contribution is -2.33. The molecule has 1 amide bonds. The zero-order valence-electron chi connectivity index (χ0n) is 12.4. The van der Waals surface area contributed by atoms with Crippen molar-refractivity contribution in [2.45, 2.75) is 25.7 Å². The Morgan fingerprint density at radius 2 is 1.90 bits per heavy atom. The SMILES string of the molecule is CN(CCC1CCNCC1)C(=O)Cc1c(F)cccc1F. The van der Waals surface area contributed by atoms with E-state index in [2.05, 4.69) is 5.32 Å². The summed E-state index contributed by atoms with van der Waals surface area (Å²) in [6, 6.07) is 3.67. The molecule has 1 aromatic carbocycles. The average Bonchev–Trinajstić information content (AvgIpc) is 2.49. The summed E-state index contributed by atoms with van der Waals surface area (Å²) in [5.74, 6) is -0.926. The minimum Gasteiger partial charge on any atom is -0.345 e. The summed E-state index contributed by atoms with van der Waals surface area (Å²) in [5.41, 5.74) is -0.142. The molecule has 1 aliphatic heterocycles. The van der Waals surface area contributed by atoms with E-state index in [4.69, 9.17) is 0 Å².